The highest BCUT2D eigenvalue weighted by molar-refractivity contribution is 8.14. The number of nitrogens with zero attached hydrogens (tertiary/aromatic N) is 2. The van der Waals surface area contributed by atoms with Crippen LogP contribution in [0.3, 0.4) is 0 Å². The van der Waals surface area contributed by atoms with Crippen LogP contribution < -0.4 is 0 Å². The molecule has 0 N–H and O–H groups in total. The maximum atomic E-state index is 12.2. The molecule has 0 spiro atoms. The van der Waals surface area contributed by atoms with E-state index in [1.165, 1.54) is 0 Å². The summed E-state index contributed by atoms with van der Waals surface area (Å²) in [6.07, 6.45) is 2.09. The lowest BCUT2D eigenvalue weighted by atomic mass is 10.2. The minimum atomic E-state index is -3.60. The molecule has 21 heavy (non-hydrogen) atoms. The topological polar surface area (TPSA) is 77.0 Å². The Labute approximate surface area is 131 Å². The maximum absolute atomic E-state index is 12.2. The van der Waals surface area contributed by atoms with Gasteiger partial charge in [-0.3, -0.25) is 4.79 Å². The lowest BCUT2D eigenvalue weighted by Crippen LogP contribution is -2.09. The molecule has 5 nitrogen and oxygen atoms in total. The Hall–Kier alpha value is -1.44. The summed E-state index contributed by atoms with van der Waals surface area (Å²) < 4.78 is 22.9. The monoisotopic (exact) mass is 342 g/mol. The Morgan fingerprint density at radius 3 is 2.43 bits per heavy atom. The number of hydrogen-bond donors (Lipinski definition) is 0. The van der Waals surface area contributed by atoms with Crippen molar-refractivity contribution in [3.63, 3.8) is 0 Å². The number of carbonyl (C=O) groups is 1. The van der Waals surface area contributed by atoms with Crippen LogP contribution in [-0.2, 0) is 9.84 Å². The molecule has 1 heterocycles. The highest BCUT2D eigenvalue weighted by Gasteiger charge is 2.19. The summed E-state index contributed by atoms with van der Waals surface area (Å²) in [7, 11) is -3.60. The largest absolute Gasteiger partial charge is 0.279 e. The summed E-state index contributed by atoms with van der Waals surface area (Å²) in [4.78, 5) is 20.3. The van der Waals surface area contributed by atoms with E-state index in [2.05, 4.69) is 9.97 Å². The predicted octanol–water partition coefficient (Wildman–Crippen LogP) is 2.77. The van der Waals surface area contributed by atoms with Crippen LogP contribution in [0.4, 0.5) is 0 Å². The third-order valence-electron chi connectivity index (χ3n) is 2.48. The molecule has 0 saturated carbocycles. The quantitative estimate of drug-likeness (QED) is 0.630. The summed E-state index contributed by atoms with van der Waals surface area (Å²) in [5, 5.41) is -0.831. The highest BCUT2D eigenvalue weighted by atomic mass is 35.5. The zero-order valence-corrected chi connectivity index (χ0v) is 13.6. The van der Waals surface area contributed by atoms with Gasteiger partial charge >= 0.3 is 0 Å². The summed E-state index contributed by atoms with van der Waals surface area (Å²) in [6.45, 7) is 1.94. The summed E-state index contributed by atoms with van der Waals surface area (Å²) in [6, 6.07) is 7.34. The second-order valence-corrected chi connectivity index (χ2v) is 7.69. The fourth-order valence-electron chi connectivity index (χ4n) is 1.43. The fourth-order valence-corrected chi connectivity index (χ4v) is 2.91. The molecule has 0 radical (unpaired) electrons. The van der Waals surface area contributed by atoms with Crippen molar-refractivity contribution in [2.24, 2.45) is 0 Å². The van der Waals surface area contributed by atoms with E-state index in [1.807, 2.05) is 19.1 Å². The number of benzene rings is 1. The van der Waals surface area contributed by atoms with Crippen molar-refractivity contribution in [2.75, 3.05) is 6.26 Å². The van der Waals surface area contributed by atoms with E-state index in [0.29, 0.717) is 0 Å². The van der Waals surface area contributed by atoms with Crippen molar-refractivity contribution >= 4 is 38.3 Å². The number of halogens is 1. The van der Waals surface area contributed by atoms with Crippen molar-refractivity contribution in [1.82, 2.24) is 9.97 Å². The molecule has 0 aliphatic heterocycles. The SMILES string of the molecule is Cc1ccc(SC(=O)c2nc(S(C)(=O)=O)ncc2Cl)cc1. The molecule has 0 aliphatic rings. The van der Waals surface area contributed by atoms with Gasteiger partial charge in [0.05, 0.1) is 11.2 Å². The van der Waals surface area contributed by atoms with Gasteiger partial charge in [-0.15, -0.1) is 0 Å². The van der Waals surface area contributed by atoms with Gasteiger partial charge in [-0.05, 0) is 30.8 Å². The summed E-state index contributed by atoms with van der Waals surface area (Å²) >= 11 is 6.81. The smallest absolute Gasteiger partial charge is 0.247 e. The first-order valence-electron chi connectivity index (χ1n) is 5.79. The minimum absolute atomic E-state index is 0.0204. The average Bonchev–Trinajstić information content (AvgIpc) is 2.40. The van der Waals surface area contributed by atoms with Crippen LogP contribution >= 0.6 is 23.4 Å². The first-order chi connectivity index (χ1) is 9.77. The number of rotatable bonds is 3. The zero-order chi connectivity index (χ0) is 15.6. The molecule has 1 aromatic heterocycles. The normalized spacial score (nSPS) is 11.4. The van der Waals surface area contributed by atoms with Crippen LogP contribution in [0.25, 0.3) is 0 Å². The van der Waals surface area contributed by atoms with Gasteiger partial charge in [-0.25, -0.2) is 18.4 Å². The standard InChI is InChI=1S/C13H11ClN2O3S2/c1-8-3-5-9(6-4-8)20-12(17)11-10(14)7-15-13(16-11)21(2,18)19/h3-7H,1-2H3. The van der Waals surface area contributed by atoms with Crippen molar-refractivity contribution < 1.29 is 13.2 Å². The third-order valence-corrected chi connectivity index (χ3v) is 4.50. The van der Waals surface area contributed by atoms with Gasteiger partial charge in [0, 0.05) is 11.2 Å². The van der Waals surface area contributed by atoms with E-state index in [-0.39, 0.29) is 10.7 Å². The van der Waals surface area contributed by atoms with E-state index in [1.54, 1.807) is 12.1 Å². The van der Waals surface area contributed by atoms with Crippen LogP contribution in [0.15, 0.2) is 40.5 Å². The Balaban J connectivity index is 2.32. The fraction of sp³-hybridized carbons (Fsp3) is 0.154. The van der Waals surface area contributed by atoms with Crippen molar-refractivity contribution in [3.05, 3.63) is 46.7 Å². The van der Waals surface area contributed by atoms with Gasteiger partial charge < -0.3 is 0 Å². The Bertz CT molecular complexity index is 790. The van der Waals surface area contributed by atoms with Gasteiger partial charge in [0.2, 0.25) is 20.1 Å². The van der Waals surface area contributed by atoms with Crippen LogP contribution in [0.1, 0.15) is 16.1 Å². The second kappa shape index (κ2) is 6.13. The lowest BCUT2D eigenvalue weighted by molar-refractivity contribution is 0.108. The molecular formula is C13H11ClN2O3S2. The number of carbonyl (C=O) groups excluding carboxylic acids is 1. The molecule has 0 saturated heterocycles. The molecule has 0 fully saturated rings. The number of sulfone groups is 1. The molecule has 0 bridgehead atoms. The molecule has 0 aliphatic carbocycles. The Morgan fingerprint density at radius 2 is 1.86 bits per heavy atom. The molecule has 2 aromatic rings. The van der Waals surface area contributed by atoms with E-state index in [0.717, 1.165) is 34.7 Å². The van der Waals surface area contributed by atoms with Gasteiger partial charge in [0.25, 0.3) is 0 Å². The van der Waals surface area contributed by atoms with Crippen LogP contribution in [0.2, 0.25) is 5.02 Å². The highest BCUT2D eigenvalue weighted by Crippen LogP contribution is 2.26. The number of aryl methyl sites for hydroxylation is 1. The number of thioether (sulfide) groups is 1. The van der Waals surface area contributed by atoms with Crippen LogP contribution in [0, 0.1) is 6.92 Å². The maximum Gasteiger partial charge on any atom is 0.247 e. The second-order valence-electron chi connectivity index (χ2n) is 4.32. The van der Waals surface area contributed by atoms with Crippen LogP contribution in [-0.4, -0.2) is 29.8 Å². The molecule has 110 valence electrons. The first kappa shape index (κ1) is 15.9. The molecule has 0 amide bonds. The van der Waals surface area contributed by atoms with Crippen molar-refractivity contribution in [3.8, 4) is 0 Å². The average molecular weight is 343 g/mol. The number of aromatic nitrogens is 2. The molecule has 0 atom stereocenters. The van der Waals surface area contributed by atoms with E-state index in [9.17, 15) is 13.2 Å². The van der Waals surface area contributed by atoms with Crippen molar-refractivity contribution in [1.29, 1.82) is 0 Å². The molecule has 8 heteroatoms. The third kappa shape index (κ3) is 4.03. The van der Waals surface area contributed by atoms with E-state index < -0.39 is 20.1 Å². The minimum Gasteiger partial charge on any atom is -0.279 e. The zero-order valence-electron chi connectivity index (χ0n) is 11.2. The lowest BCUT2D eigenvalue weighted by Gasteiger charge is -2.04. The van der Waals surface area contributed by atoms with Gasteiger partial charge in [-0.2, -0.15) is 0 Å². The van der Waals surface area contributed by atoms with Gasteiger partial charge in [-0.1, -0.05) is 29.3 Å². The Kier molecular flexibility index (Phi) is 4.65. The van der Waals surface area contributed by atoms with Crippen molar-refractivity contribution in [2.45, 2.75) is 17.0 Å². The number of hydrogen-bond acceptors (Lipinski definition) is 6. The molecular weight excluding hydrogens is 332 g/mol. The van der Waals surface area contributed by atoms with E-state index >= 15 is 0 Å². The Morgan fingerprint density at radius 1 is 1.24 bits per heavy atom. The molecule has 0 unspecified atom stereocenters. The van der Waals surface area contributed by atoms with Gasteiger partial charge in [0.15, 0.2) is 0 Å². The molecule has 2 rings (SSSR count). The molecule has 1 aromatic carbocycles. The van der Waals surface area contributed by atoms with Gasteiger partial charge in [0.1, 0.15) is 5.69 Å². The first-order valence-corrected chi connectivity index (χ1v) is 8.87. The predicted molar refractivity (Wildman–Crippen MR) is 81.5 cm³/mol. The van der Waals surface area contributed by atoms with Crippen LogP contribution in [0.5, 0.6) is 0 Å². The summed E-state index contributed by atoms with van der Waals surface area (Å²) in [5.74, 6) is 0. The summed E-state index contributed by atoms with van der Waals surface area (Å²) in [5.41, 5.74) is 0.962. The van der Waals surface area contributed by atoms with E-state index in [4.69, 9.17) is 11.6 Å².